The average Bonchev–Trinajstić information content (AvgIpc) is 2.60. The largest absolute Gasteiger partial charge is 0.352 e. The molecule has 0 radical (unpaired) electrons. The Morgan fingerprint density at radius 1 is 0.783 bits per heavy atom. The topological polar surface area (TPSA) is 82.7 Å². The first-order valence-electron chi connectivity index (χ1n) is 7.33. The Hall–Kier alpha value is -3.15. The minimum absolute atomic E-state index is 0.299. The summed E-state index contributed by atoms with van der Waals surface area (Å²) in [6.07, 6.45) is 0. The summed E-state index contributed by atoms with van der Waals surface area (Å²) in [5.41, 5.74) is 1.76. The van der Waals surface area contributed by atoms with Crippen LogP contribution < -0.4 is 16.3 Å². The highest BCUT2D eigenvalue weighted by molar-refractivity contribution is 5.34. The van der Waals surface area contributed by atoms with Crippen LogP contribution in [0.15, 0.2) is 65.5 Å². The zero-order valence-electron chi connectivity index (χ0n) is 12.5. The molecule has 3 aromatic rings. The standard InChI is InChI=1S/C17H17N5O/c23-17-21-15(18-11-13-7-3-1-4-8-13)20-16(22-17)19-12-14-9-5-2-6-10-14/h1-10H,11-12H2,(H3,18,19,20,21,22,23). The van der Waals surface area contributed by atoms with E-state index in [1.165, 1.54) is 0 Å². The summed E-state index contributed by atoms with van der Waals surface area (Å²) in [7, 11) is 0. The Kier molecular flexibility index (Phi) is 4.63. The van der Waals surface area contributed by atoms with E-state index in [9.17, 15) is 4.79 Å². The SMILES string of the molecule is O=c1nc(NCc2ccccc2)nc(NCc2ccccc2)[nH]1. The number of H-pyrrole nitrogens is 1. The van der Waals surface area contributed by atoms with Crippen molar-refractivity contribution in [3.8, 4) is 0 Å². The van der Waals surface area contributed by atoms with E-state index in [0.29, 0.717) is 25.0 Å². The second-order valence-electron chi connectivity index (χ2n) is 5.00. The van der Waals surface area contributed by atoms with Crippen LogP contribution in [0.25, 0.3) is 0 Å². The van der Waals surface area contributed by atoms with Gasteiger partial charge in [0.1, 0.15) is 0 Å². The van der Waals surface area contributed by atoms with Crippen LogP contribution in [-0.2, 0) is 13.1 Å². The number of benzene rings is 2. The first-order chi connectivity index (χ1) is 11.3. The fraction of sp³-hybridized carbons (Fsp3) is 0.118. The van der Waals surface area contributed by atoms with Crippen molar-refractivity contribution in [2.75, 3.05) is 10.6 Å². The number of nitrogens with one attached hydrogen (secondary N) is 3. The molecule has 0 aliphatic carbocycles. The lowest BCUT2D eigenvalue weighted by Crippen LogP contribution is -2.18. The molecule has 0 bridgehead atoms. The van der Waals surface area contributed by atoms with Gasteiger partial charge in [0.15, 0.2) is 0 Å². The zero-order chi connectivity index (χ0) is 15.9. The molecule has 0 aliphatic heterocycles. The second kappa shape index (κ2) is 7.22. The molecule has 3 N–H and O–H groups in total. The van der Waals surface area contributed by atoms with Crippen LogP contribution in [0.1, 0.15) is 11.1 Å². The van der Waals surface area contributed by atoms with Gasteiger partial charge in [0.2, 0.25) is 11.9 Å². The normalized spacial score (nSPS) is 10.3. The first kappa shape index (κ1) is 14.8. The predicted octanol–water partition coefficient (Wildman–Crippen LogP) is 2.39. The van der Waals surface area contributed by atoms with Gasteiger partial charge in [-0.2, -0.15) is 9.97 Å². The van der Waals surface area contributed by atoms with Gasteiger partial charge in [-0.15, -0.1) is 0 Å². The van der Waals surface area contributed by atoms with Gasteiger partial charge in [-0.1, -0.05) is 60.7 Å². The predicted molar refractivity (Wildman–Crippen MR) is 90.2 cm³/mol. The maximum Gasteiger partial charge on any atom is 0.350 e. The van der Waals surface area contributed by atoms with E-state index in [1.807, 2.05) is 60.7 Å². The summed E-state index contributed by atoms with van der Waals surface area (Å²) in [6.45, 7) is 1.13. The summed E-state index contributed by atoms with van der Waals surface area (Å²) < 4.78 is 0. The van der Waals surface area contributed by atoms with E-state index in [2.05, 4.69) is 25.6 Å². The van der Waals surface area contributed by atoms with Gasteiger partial charge in [-0.3, -0.25) is 4.98 Å². The Morgan fingerprint density at radius 3 is 1.96 bits per heavy atom. The van der Waals surface area contributed by atoms with Crippen LogP contribution in [0.2, 0.25) is 0 Å². The second-order valence-corrected chi connectivity index (χ2v) is 5.00. The van der Waals surface area contributed by atoms with E-state index < -0.39 is 5.69 Å². The van der Waals surface area contributed by atoms with Gasteiger partial charge in [-0.25, -0.2) is 4.79 Å². The number of hydrogen-bond donors (Lipinski definition) is 3. The lowest BCUT2D eigenvalue weighted by atomic mass is 10.2. The molecule has 0 aliphatic rings. The van der Waals surface area contributed by atoms with Crippen LogP contribution in [0.5, 0.6) is 0 Å². The summed E-state index contributed by atoms with van der Waals surface area (Å²) in [5.74, 6) is 0.692. The minimum atomic E-state index is -0.439. The van der Waals surface area contributed by atoms with Crippen LogP contribution in [-0.4, -0.2) is 15.0 Å². The highest BCUT2D eigenvalue weighted by Gasteiger charge is 2.03. The van der Waals surface area contributed by atoms with E-state index in [1.54, 1.807) is 0 Å². The molecular formula is C17H17N5O. The molecular weight excluding hydrogens is 290 g/mol. The van der Waals surface area contributed by atoms with Gasteiger partial charge in [0.05, 0.1) is 0 Å². The summed E-state index contributed by atoms with van der Waals surface area (Å²) >= 11 is 0. The van der Waals surface area contributed by atoms with Crippen LogP contribution in [0, 0.1) is 0 Å². The van der Waals surface area contributed by atoms with Crippen LogP contribution in [0.4, 0.5) is 11.9 Å². The number of hydrogen-bond acceptors (Lipinski definition) is 5. The molecule has 6 nitrogen and oxygen atoms in total. The third-order valence-electron chi connectivity index (χ3n) is 3.25. The number of nitrogens with zero attached hydrogens (tertiary/aromatic N) is 2. The van der Waals surface area contributed by atoms with Crippen molar-refractivity contribution in [1.29, 1.82) is 0 Å². The highest BCUT2D eigenvalue weighted by Crippen LogP contribution is 2.06. The van der Waals surface area contributed by atoms with E-state index in [-0.39, 0.29) is 0 Å². The highest BCUT2D eigenvalue weighted by atomic mass is 16.1. The maximum absolute atomic E-state index is 11.6. The molecule has 2 aromatic carbocycles. The Balaban J connectivity index is 1.65. The monoisotopic (exact) mass is 307 g/mol. The zero-order valence-corrected chi connectivity index (χ0v) is 12.5. The van der Waals surface area contributed by atoms with Gasteiger partial charge in [-0.05, 0) is 11.1 Å². The molecule has 1 aromatic heterocycles. The Labute approximate surface area is 133 Å². The third-order valence-corrected chi connectivity index (χ3v) is 3.25. The van der Waals surface area contributed by atoms with Crippen molar-refractivity contribution in [2.45, 2.75) is 13.1 Å². The fourth-order valence-corrected chi connectivity index (χ4v) is 2.11. The molecule has 0 saturated carbocycles. The number of aromatic nitrogens is 3. The lowest BCUT2D eigenvalue weighted by Gasteiger charge is -2.08. The molecule has 116 valence electrons. The van der Waals surface area contributed by atoms with E-state index in [4.69, 9.17) is 0 Å². The van der Waals surface area contributed by atoms with Crippen molar-refractivity contribution in [2.24, 2.45) is 0 Å². The molecule has 1 heterocycles. The molecule has 23 heavy (non-hydrogen) atoms. The molecule has 3 rings (SSSR count). The van der Waals surface area contributed by atoms with Gasteiger partial charge >= 0.3 is 5.69 Å². The molecule has 6 heteroatoms. The van der Waals surface area contributed by atoms with Crippen LogP contribution in [0.3, 0.4) is 0 Å². The lowest BCUT2D eigenvalue weighted by molar-refractivity contribution is 0.943. The molecule has 0 unspecified atom stereocenters. The van der Waals surface area contributed by atoms with Crippen molar-refractivity contribution in [3.63, 3.8) is 0 Å². The average molecular weight is 307 g/mol. The quantitative estimate of drug-likeness (QED) is 0.651. The fourth-order valence-electron chi connectivity index (χ4n) is 2.11. The van der Waals surface area contributed by atoms with Gasteiger partial charge in [0, 0.05) is 13.1 Å². The minimum Gasteiger partial charge on any atom is -0.352 e. The Bertz CT molecular complexity index is 737. The summed E-state index contributed by atoms with van der Waals surface area (Å²) in [6, 6.07) is 19.8. The number of rotatable bonds is 6. The first-order valence-corrected chi connectivity index (χ1v) is 7.33. The van der Waals surface area contributed by atoms with E-state index in [0.717, 1.165) is 11.1 Å². The van der Waals surface area contributed by atoms with Crippen LogP contribution >= 0.6 is 0 Å². The summed E-state index contributed by atoms with van der Waals surface area (Å²) in [4.78, 5) is 22.3. The third kappa shape index (κ3) is 4.41. The summed E-state index contributed by atoms with van der Waals surface area (Å²) in [5, 5.41) is 6.15. The molecule has 0 atom stereocenters. The molecule has 0 amide bonds. The molecule has 0 spiro atoms. The Morgan fingerprint density at radius 2 is 1.35 bits per heavy atom. The van der Waals surface area contributed by atoms with E-state index >= 15 is 0 Å². The maximum atomic E-state index is 11.6. The van der Waals surface area contributed by atoms with Crippen molar-refractivity contribution >= 4 is 11.9 Å². The van der Waals surface area contributed by atoms with Crippen molar-refractivity contribution in [1.82, 2.24) is 15.0 Å². The van der Waals surface area contributed by atoms with Crippen molar-refractivity contribution in [3.05, 3.63) is 82.3 Å². The number of aromatic amines is 1. The smallest absolute Gasteiger partial charge is 0.350 e. The number of anilines is 2. The van der Waals surface area contributed by atoms with Crippen molar-refractivity contribution < 1.29 is 0 Å². The molecule has 0 saturated heterocycles. The van der Waals surface area contributed by atoms with Gasteiger partial charge < -0.3 is 10.6 Å². The molecule has 0 fully saturated rings. The van der Waals surface area contributed by atoms with Gasteiger partial charge in [0.25, 0.3) is 0 Å².